The van der Waals surface area contributed by atoms with Crippen molar-refractivity contribution in [2.75, 3.05) is 0 Å². The van der Waals surface area contributed by atoms with E-state index in [1.807, 2.05) is 23.5 Å². The molecule has 2 aromatic rings. The van der Waals surface area contributed by atoms with E-state index < -0.39 is 5.97 Å². The number of hydrogen-bond donors (Lipinski definition) is 1. The molecule has 2 nitrogen and oxygen atoms in total. The Kier molecular flexibility index (Phi) is 3.59. The number of thiophene rings is 1. The molecule has 1 aromatic heterocycles. The van der Waals surface area contributed by atoms with E-state index in [-0.39, 0.29) is 0 Å². The van der Waals surface area contributed by atoms with Crippen LogP contribution in [0.2, 0.25) is 0 Å². The third-order valence-corrected chi connectivity index (χ3v) is 3.72. The Morgan fingerprint density at radius 3 is 2.35 bits per heavy atom. The van der Waals surface area contributed by atoms with Gasteiger partial charge in [0, 0.05) is 9.75 Å². The van der Waals surface area contributed by atoms with Gasteiger partial charge in [0.15, 0.2) is 0 Å². The van der Waals surface area contributed by atoms with Crippen LogP contribution < -0.4 is 0 Å². The van der Waals surface area contributed by atoms with Crippen molar-refractivity contribution in [3.05, 3.63) is 57.3 Å². The van der Waals surface area contributed by atoms with E-state index in [0.717, 1.165) is 12.8 Å². The number of aryl methyl sites for hydroxylation is 3. The van der Waals surface area contributed by atoms with Crippen LogP contribution >= 0.6 is 11.3 Å². The lowest BCUT2D eigenvalue weighted by Gasteiger charge is -2.00. The van der Waals surface area contributed by atoms with Crippen molar-refractivity contribution >= 4 is 17.3 Å². The molecular weight excluding hydrogens is 232 g/mol. The summed E-state index contributed by atoms with van der Waals surface area (Å²) >= 11 is 1.82. The fourth-order valence-corrected chi connectivity index (χ4v) is 2.59. The molecule has 0 spiro atoms. The Morgan fingerprint density at radius 2 is 1.82 bits per heavy atom. The smallest absolute Gasteiger partial charge is 0.335 e. The van der Waals surface area contributed by atoms with Crippen LogP contribution in [0.15, 0.2) is 36.4 Å². The van der Waals surface area contributed by atoms with E-state index in [4.69, 9.17) is 5.11 Å². The van der Waals surface area contributed by atoms with Gasteiger partial charge in [0.25, 0.3) is 0 Å². The van der Waals surface area contributed by atoms with Crippen molar-refractivity contribution in [1.29, 1.82) is 0 Å². The highest BCUT2D eigenvalue weighted by molar-refractivity contribution is 7.11. The van der Waals surface area contributed by atoms with Crippen LogP contribution in [0.4, 0.5) is 0 Å². The molecule has 0 amide bonds. The molecule has 1 N–H and O–H groups in total. The molecule has 88 valence electrons. The highest BCUT2D eigenvalue weighted by Crippen LogP contribution is 2.17. The molecule has 0 saturated carbocycles. The number of carboxylic acid groups (broad SMARTS) is 1. The van der Waals surface area contributed by atoms with Crippen molar-refractivity contribution in [2.45, 2.75) is 19.8 Å². The van der Waals surface area contributed by atoms with Crippen LogP contribution in [0.25, 0.3) is 0 Å². The number of benzene rings is 1. The molecule has 1 aromatic carbocycles. The molecule has 2 rings (SSSR count). The van der Waals surface area contributed by atoms with E-state index in [9.17, 15) is 4.79 Å². The van der Waals surface area contributed by atoms with Crippen LogP contribution in [-0.4, -0.2) is 11.1 Å². The second kappa shape index (κ2) is 5.15. The number of rotatable bonds is 4. The molecule has 0 aliphatic carbocycles. The average Bonchev–Trinajstić information content (AvgIpc) is 2.73. The third kappa shape index (κ3) is 3.17. The van der Waals surface area contributed by atoms with Crippen LogP contribution in [0.5, 0.6) is 0 Å². The molecule has 0 aliphatic heterocycles. The molecule has 0 bridgehead atoms. The van der Waals surface area contributed by atoms with Crippen LogP contribution in [0.3, 0.4) is 0 Å². The molecule has 0 aliphatic rings. The van der Waals surface area contributed by atoms with Gasteiger partial charge in [-0.25, -0.2) is 4.79 Å². The van der Waals surface area contributed by atoms with Crippen molar-refractivity contribution in [3.63, 3.8) is 0 Å². The van der Waals surface area contributed by atoms with Crippen molar-refractivity contribution < 1.29 is 9.90 Å². The summed E-state index contributed by atoms with van der Waals surface area (Å²) in [7, 11) is 0. The lowest BCUT2D eigenvalue weighted by Crippen LogP contribution is -1.96. The minimum atomic E-state index is -0.870. The third-order valence-electron chi connectivity index (χ3n) is 2.66. The van der Waals surface area contributed by atoms with Gasteiger partial charge in [-0.2, -0.15) is 0 Å². The van der Waals surface area contributed by atoms with E-state index in [1.165, 1.54) is 15.3 Å². The summed E-state index contributed by atoms with van der Waals surface area (Å²) in [5.41, 5.74) is 1.53. The Balaban J connectivity index is 1.97. The second-order valence-electron chi connectivity index (χ2n) is 4.01. The van der Waals surface area contributed by atoms with Gasteiger partial charge < -0.3 is 5.11 Å². The fourth-order valence-electron chi connectivity index (χ4n) is 1.70. The standard InChI is InChI=1S/C14H14O2S/c1-10-2-8-13(17-10)9-5-11-3-6-12(7-4-11)14(15)16/h2-4,6-8H,5,9H2,1H3,(H,15,16). The first kappa shape index (κ1) is 11.9. The van der Waals surface area contributed by atoms with Gasteiger partial charge in [-0.15, -0.1) is 11.3 Å². The van der Waals surface area contributed by atoms with Gasteiger partial charge in [-0.05, 0) is 49.6 Å². The summed E-state index contributed by atoms with van der Waals surface area (Å²) in [6.07, 6.45) is 1.98. The maximum atomic E-state index is 10.7. The zero-order valence-corrected chi connectivity index (χ0v) is 10.5. The molecule has 0 unspecified atom stereocenters. The monoisotopic (exact) mass is 246 g/mol. The van der Waals surface area contributed by atoms with E-state index in [2.05, 4.69) is 19.1 Å². The van der Waals surface area contributed by atoms with Crippen LogP contribution in [0, 0.1) is 6.92 Å². The number of hydrogen-bond acceptors (Lipinski definition) is 2. The molecule has 0 saturated heterocycles. The SMILES string of the molecule is Cc1ccc(CCc2ccc(C(=O)O)cc2)s1. The highest BCUT2D eigenvalue weighted by atomic mass is 32.1. The molecule has 0 radical (unpaired) electrons. The Bertz CT molecular complexity index is 511. The summed E-state index contributed by atoms with van der Waals surface area (Å²) in [5.74, 6) is -0.870. The predicted octanol–water partition coefficient (Wildman–Crippen LogP) is 3.54. The average molecular weight is 246 g/mol. The summed E-state index contributed by atoms with van der Waals surface area (Å²) in [4.78, 5) is 13.4. The van der Waals surface area contributed by atoms with Crippen LogP contribution in [0.1, 0.15) is 25.7 Å². The molecule has 0 fully saturated rings. The largest absolute Gasteiger partial charge is 0.478 e. The first-order chi connectivity index (χ1) is 8.15. The van der Waals surface area contributed by atoms with E-state index >= 15 is 0 Å². The first-order valence-electron chi connectivity index (χ1n) is 5.53. The Labute approximate surface area is 105 Å². The molecule has 0 atom stereocenters. The summed E-state index contributed by atoms with van der Waals surface area (Å²) in [6, 6.07) is 11.4. The number of carboxylic acids is 1. The quantitative estimate of drug-likeness (QED) is 0.896. The lowest BCUT2D eigenvalue weighted by atomic mass is 10.1. The van der Waals surface area contributed by atoms with Gasteiger partial charge in [0.1, 0.15) is 0 Å². The molecule has 17 heavy (non-hydrogen) atoms. The van der Waals surface area contributed by atoms with Gasteiger partial charge in [-0.1, -0.05) is 12.1 Å². The van der Waals surface area contributed by atoms with Gasteiger partial charge >= 0.3 is 5.97 Å². The zero-order chi connectivity index (χ0) is 12.3. The highest BCUT2D eigenvalue weighted by Gasteiger charge is 2.02. The van der Waals surface area contributed by atoms with Crippen molar-refractivity contribution in [1.82, 2.24) is 0 Å². The molecule has 1 heterocycles. The van der Waals surface area contributed by atoms with Crippen LogP contribution in [-0.2, 0) is 12.8 Å². The summed E-state index contributed by atoms with van der Waals surface area (Å²) in [6.45, 7) is 2.11. The Morgan fingerprint density at radius 1 is 1.12 bits per heavy atom. The minimum Gasteiger partial charge on any atom is -0.478 e. The van der Waals surface area contributed by atoms with Gasteiger partial charge in [-0.3, -0.25) is 0 Å². The van der Waals surface area contributed by atoms with Crippen molar-refractivity contribution in [3.8, 4) is 0 Å². The number of carbonyl (C=O) groups is 1. The van der Waals surface area contributed by atoms with Crippen molar-refractivity contribution in [2.24, 2.45) is 0 Å². The second-order valence-corrected chi connectivity index (χ2v) is 5.39. The predicted molar refractivity (Wildman–Crippen MR) is 69.9 cm³/mol. The van der Waals surface area contributed by atoms with E-state index in [0.29, 0.717) is 5.56 Å². The number of aromatic carboxylic acids is 1. The molecule has 3 heteroatoms. The lowest BCUT2D eigenvalue weighted by molar-refractivity contribution is 0.0697. The molecular formula is C14H14O2S. The fraction of sp³-hybridized carbons (Fsp3) is 0.214. The topological polar surface area (TPSA) is 37.3 Å². The maximum Gasteiger partial charge on any atom is 0.335 e. The first-order valence-corrected chi connectivity index (χ1v) is 6.34. The van der Waals surface area contributed by atoms with Gasteiger partial charge in [0.2, 0.25) is 0 Å². The minimum absolute atomic E-state index is 0.348. The normalized spacial score (nSPS) is 10.4. The van der Waals surface area contributed by atoms with Gasteiger partial charge in [0.05, 0.1) is 5.56 Å². The zero-order valence-electron chi connectivity index (χ0n) is 9.64. The summed E-state index contributed by atoms with van der Waals surface area (Å²) in [5, 5.41) is 8.79. The Hall–Kier alpha value is -1.61. The summed E-state index contributed by atoms with van der Waals surface area (Å²) < 4.78 is 0. The maximum absolute atomic E-state index is 10.7. The van der Waals surface area contributed by atoms with E-state index in [1.54, 1.807) is 12.1 Å².